The Morgan fingerprint density at radius 3 is 2.81 bits per heavy atom. The van der Waals surface area contributed by atoms with Crippen LogP contribution >= 0.6 is 0 Å². The zero-order valence-electron chi connectivity index (χ0n) is 8.90. The molecule has 1 aromatic carbocycles. The summed E-state index contributed by atoms with van der Waals surface area (Å²) in [5, 5.41) is 8.85. The number of aromatic carboxylic acids is 1. The van der Waals surface area contributed by atoms with E-state index in [1.165, 1.54) is 12.1 Å². The first-order valence-corrected chi connectivity index (χ1v) is 4.73. The van der Waals surface area contributed by atoms with E-state index in [1.807, 2.05) is 0 Å². The van der Waals surface area contributed by atoms with Crippen molar-refractivity contribution in [2.45, 2.75) is 6.61 Å². The molecule has 0 aliphatic heterocycles. The molecule has 0 aromatic heterocycles. The minimum atomic E-state index is -1.16. The normalized spacial score (nSPS) is 10.4. The maximum atomic E-state index is 12.8. The molecule has 0 bridgehead atoms. The summed E-state index contributed by atoms with van der Waals surface area (Å²) in [4.78, 5) is 10.8. The lowest BCUT2D eigenvalue weighted by atomic mass is 10.1. The lowest BCUT2D eigenvalue weighted by molar-refractivity contribution is 0.0589. The van der Waals surface area contributed by atoms with E-state index in [0.29, 0.717) is 18.8 Å². The number of benzene rings is 1. The number of ether oxygens (including phenoxy) is 2. The molecule has 0 heterocycles. The third-order valence-electron chi connectivity index (χ3n) is 1.99. The van der Waals surface area contributed by atoms with Gasteiger partial charge in [-0.15, -0.1) is 0 Å². The third kappa shape index (κ3) is 3.60. The Balaban J connectivity index is 2.67. The molecule has 1 aromatic rings. The average molecular weight is 228 g/mol. The van der Waals surface area contributed by atoms with Gasteiger partial charge in [-0.05, 0) is 17.7 Å². The Bertz CT molecular complexity index is 365. The van der Waals surface area contributed by atoms with Gasteiger partial charge >= 0.3 is 5.97 Å². The van der Waals surface area contributed by atoms with E-state index in [0.717, 1.165) is 6.07 Å². The van der Waals surface area contributed by atoms with Gasteiger partial charge in [-0.1, -0.05) is 6.07 Å². The van der Waals surface area contributed by atoms with Gasteiger partial charge < -0.3 is 14.6 Å². The van der Waals surface area contributed by atoms with Crippen molar-refractivity contribution in [3.8, 4) is 0 Å². The number of hydrogen-bond donors (Lipinski definition) is 1. The van der Waals surface area contributed by atoms with Gasteiger partial charge in [0, 0.05) is 7.11 Å². The molecule has 1 N–H and O–H groups in total. The summed E-state index contributed by atoms with van der Waals surface area (Å²) in [5.74, 6) is -1.73. The minimum absolute atomic E-state index is 0.0718. The summed E-state index contributed by atoms with van der Waals surface area (Å²) in [6.07, 6.45) is 0. The molecule has 0 aliphatic rings. The van der Waals surface area contributed by atoms with Crippen LogP contribution < -0.4 is 0 Å². The zero-order chi connectivity index (χ0) is 12.0. The van der Waals surface area contributed by atoms with E-state index < -0.39 is 11.8 Å². The van der Waals surface area contributed by atoms with Crippen LogP contribution in [0.25, 0.3) is 0 Å². The van der Waals surface area contributed by atoms with Crippen molar-refractivity contribution in [1.29, 1.82) is 0 Å². The summed E-state index contributed by atoms with van der Waals surface area (Å²) in [6, 6.07) is 3.60. The largest absolute Gasteiger partial charge is 0.478 e. The van der Waals surface area contributed by atoms with Crippen molar-refractivity contribution in [3.05, 3.63) is 35.1 Å². The zero-order valence-corrected chi connectivity index (χ0v) is 8.90. The third-order valence-corrected chi connectivity index (χ3v) is 1.99. The molecule has 0 saturated carbocycles. The van der Waals surface area contributed by atoms with Gasteiger partial charge in [0.15, 0.2) is 0 Å². The fraction of sp³-hybridized carbons (Fsp3) is 0.364. The molecule has 0 saturated heterocycles. The molecule has 5 heteroatoms. The molecule has 4 nitrogen and oxygen atoms in total. The lowest BCUT2D eigenvalue weighted by Crippen LogP contribution is -2.07. The highest BCUT2D eigenvalue weighted by Gasteiger charge is 2.10. The first kappa shape index (κ1) is 12.6. The van der Waals surface area contributed by atoms with Crippen molar-refractivity contribution in [3.63, 3.8) is 0 Å². The molecule has 0 amide bonds. The van der Waals surface area contributed by atoms with E-state index in [9.17, 15) is 9.18 Å². The molecule has 0 fully saturated rings. The molecule has 0 unspecified atom stereocenters. The molecule has 1 rings (SSSR count). The molecular formula is C11H13FO4. The Kier molecular flexibility index (Phi) is 4.88. The molecule has 88 valence electrons. The summed E-state index contributed by atoms with van der Waals surface area (Å²) in [5.41, 5.74) is 0.377. The Labute approximate surface area is 92.6 Å². The molecule has 0 aliphatic carbocycles. The smallest absolute Gasteiger partial charge is 0.336 e. The second kappa shape index (κ2) is 6.19. The summed E-state index contributed by atoms with van der Waals surface area (Å²) >= 11 is 0. The van der Waals surface area contributed by atoms with Gasteiger partial charge in [-0.2, -0.15) is 0 Å². The van der Waals surface area contributed by atoms with Crippen LogP contribution in [-0.2, 0) is 16.1 Å². The Morgan fingerprint density at radius 1 is 1.44 bits per heavy atom. The average Bonchev–Trinajstić information content (AvgIpc) is 2.26. The number of hydrogen-bond acceptors (Lipinski definition) is 3. The molecule has 0 spiro atoms. The van der Waals surface area contributed by atoms with Crippen LogP contribution in [0.4, 0.5) is 4.39 Å². The van der Waals surface area contributed by atoms with Crippen molar-refractivity contribution in [1.82, 2.24) is 0 Å². The van der Waals surface area contributed by atoms with Gasteiger partial charge in [-0.25, -0.2) is 9.18 Å². The van der Waals surface area contributed by atoms with Gasteiger partial charge in [-0.3, -0.25) is 0 Å². The van der Waals surface area contributed by atoms with Crippen LogP contribution in [-0.4, -0.2) is 31.4 Å². The van der Waals surface area contributed by atoms with E-state index in [-0.39, 0.29) is 12.2 Å². The number of rotatable bonds is 6. The fourth-order valence-corrected chi connectivity index (χ4v) is 1.20. The fourth-order valence-electron chi connectivity index (χ4n) is 1.20. The topological polar surface area (TPSA) is 55.8 Å². The predicted molar refractivity (Wildman–Crippen MR) is 54.9 cm³/mol. The highest BCUT2D eigenvalue weighted by atomic mass is 19.1. The second-order valence-corrected chi connectivity index (χ2v) is 3.15. The van der Waals surface area contributed by atoms with Gasteiger partial charge in [0.25, 0.3) is 0 Å². The van der Waals surface area contributed by atoms with Crippen LogP contribution in [0.5, 0.6) is 0 Å². The van der Waals surface area contributed by atoms with Crippen LogP contribution in [0.15, 0.2) is 18.2 Å². The minimum Gasteiger partial charge on any atom is -0.478 e. The number of carbonyl (C=O) groups is 1. The van der Waals surface area contributed by atoms with Crippen LogP contribution in [0.2, 0.25) is 0 Å². The highest BCUT2D eigenvalue weighted by molar-refractivity contribution is 5.89. The standard InChI is InChI=1S/C11H13FO4/c1-15-4-5-16-7-8-2-3-9(12)6-10(8)11(13)14/h2-3,6H,4-5,7H2,1H3,(H,13,14). The van der Waals surface area contributed by atoms with Crippen LogP contribution in [0.3, 0.4) is 0 Å². The monoisotopic (exact) mass is 228 g/mol. The molecular weight excluding hydrogens is 215 g/mol. The molecule has 0 atom stereocenters. The van der Waals surface area contributed by atoms with Crippen LogP contribution in [0.1, 0.15) is 15.9 Å². The SMILES string of the molecule is COCCOCc1ccc(F)cc1C(=O)O. The van der Waals surface area contributed by atoms with Gasteiger partial charge in [0.1, 0.15) is 5.82 Å². The molecule has 0 radical (unpaired) electrons. The Hall–Kier alpha value is -1.46. The van der Waals surface area contributed by atoms with Crippen molar-refractivity contribution in [2.24, 2.45) is 0 Å². The summed E-state index contributed by atoms with van der Waals surface area (Å²) < 4.78 is 22.8. The number of halogens is 1. The first-order chi connectivity index (χ1) is 7.65. The van der Waals surface area contributed by atoms with Gasteiger partial charge in [0.05, 0.1) is 25.4 Å². The first-order valence-electron chi connectivity index (χ1n) is 4.73. The van der Waals surface area contributed by atoms with Crippen molar-refractivity contribution >= 4 is 5.97 Å². The van der Waals surface area contributed by atoms with Crippen LogP contribution in [0, 0.1) is 5.82 Å². The quantitative estimate of drug-likeness (QED) is 0.753. The lowest BCUT2D eigenvalue weighted by Gasteiger charge is -2.07. The summed E-state index contributed by atoms with van der Waals surface area (Å²) in [6.45, 7) is 0.932. The second-order valence-electron chi connectivity index (χ2n) is 3.15. The molecule has 16 heavy (non-hydrogen) atoms. The highest BCUT2D eigenvalue weighted by Crippen LogP contribution is 2.12. The maximum Gasteiger partial charge on any atom is 0.336 e. The summed E-state index contributed by atoms with van der Waals surface area (Å²) in [7, 11) is 1.55. The Morgan fingerprint density at radius 2 is 2.19 bits per heavy atom. The van der Waals surface area contributed by atoms with E-state index in [2.05, 4.69) is 0 Å². The van der Waals surface area contributed by atoms with Crippen molar-refractivity contribution < 1.29 is 23.8 Å². The number of carboxylic acids is 1. The van der Waals surface area contributed by atoms with E-state index >= 15 is 0 Å². The maximum absolute atomic E-state index is 12.8. The predicted octanol–water partition coefficient (Wildman–Crippen LogP) is 1.69. The number of methoxy groups -OCH3 is 1. The number of carboxylic acid groups (broad SMARTS) is 1. The van der Waals surface area contributed by atoms with E-state index in [1.54, 1.807) is 7.11 Å². The van der Waals surface area contributed by atoms with E-state index in [4.69, 9.17) is 14.6 Å². The van der Waals surface area contributed by atoms with Gasteiger partial charge in [0.2, 0.25) is 0 Å². The van der Waals surface area contributed by atoms with Crippen molar-refractivity contribution in [2.75, 3.05) is 20.3 Å².